The van der Waals surface area contributed by atoms with Crippen LogP contribution in [0.3, 0.4) is 0 Å². The molecule has 7 heteroatoms. The van der Waals surface area contributed by atoms with Crippen molar-refractivity contribution >= 4 is 17.7 Å². The van der Waals surface area contributed by atoms with Crippen LogP contribution < -0.4 is 5.32 Å². The molecule has 3 amide bonds. The molecule has 2 rings (SSSR count). The molecule has 0 bridgehead atoms. The van der Waals surface area contributed by atoms with Crippen molar-refractivity contribution in [1.82, 2.24) is 20.0 Å². The molecule has 7 nitrogen and oxygen atoms in total. The smallest absolute Gasteiger partial charge is 0.238 e. The van der Waals surface area contributed by atoms with Gasteiger partial charge in [-0.15, -0.1) is 0 Å². The van der Waals surface area contributed by atoms with E-state index in [4.69, 9.17) is 0 Å². The van der Waals surface area contributed by atoms with Crippen LogP contribution in [0.15, 0.2) is 0 Å². The van der Waals surface area contributed by atoms with Gasteiger partial charge in [-0.25, -0.2) is 0 Å². The van der Waals surface area contributed by atoms with Crippen LogP contribution in [0.2, 0.25) is 0 Å². The minimum absolute atomic E-state index is 0.0367. The summed E-state index contributed by atoms with van der Waals surface area (Å²) in [5, 5.41) is 2.87. The second-order valence-electron chi connectivity index (χ2n) is 6.44. The number of carbonyl (C=O) groups is 3. The van der Waals surface area contributed by atoms with Gasteiger partial charge in [-0.05, 0) is 26.9 Å². The van der Waals surface area contributed by atoms with E-state index in [1.54, 1.807) is 9.80 Å². The highest BCUT2D eigenvalue weighted by atomic mass is 16.2. The Kier molecular flexibility index (Phi) is 5.05. The van der Waals surface area contributed by atoms with Gasteiger partial charge in [0.25, 0.3) is 0 Å². The first kappa shape index (κ1) is 16.7. The number of nitrogens with zero attached hydrogens (tertiary/aromatic N) is 3. The molecule has 0 aromatic heterocycles. The minimum Gasteiger partial charge on any atom is -0.354 e. The molecule has 22 heavy (non-hydrogen) atoms. The molecular weight excluding hydrogens is 284 g/mol. The Labute approximate surface area is 131 Å². The van der Waals surface area contributed by atoms with Crippen molar-refractivity contribution in [3.8, 4) is 0 Å². The monoisotopic (exact) mass is 310 g/mol. The lowest BCUT2D eigenvalue weighted by molar-refractivity contribution is -0.147. The van der Waals surface area contributed by atoms with Crippen molar-refractivity contribution in [3.63, 3.8) is 0 Å². The number of piperazine rings is 1. The van der Waals surface area contributed by atoms with Crippen LogP contribution in [0, 0.1) is 5.41 Å². The first-order valence-electron chi connectivity index (χ1n) is 7.85. The molecule has 1 saturated carbocycles. The molecular formula is C15H26N4O3. The average Bonchev–Trinajstić information content (AvgIpc) is 3.27. The zero-order chi connectivity index (χ0) is 16.3. The highest BCUT2D eigenvalue weighted by Crippen LogP contribution is 2.47. The molecule has 0 aromatic carbocycles. The highest BCUT2D eigenvalue weighted by molar-refractivity contribution is 6.07. The molecule has 1 heterocycles. The Balaban J connectivity index is 1.86. The lowest BCUT2D eigenvalue weighted by Gasteiger charge is -2.35. The molecule has 2 aliphatic rings. The van der Waals surface area contributed by atoms with E-state index in [2.05, 4.69) is 5.32 Å². The molecule has 0 radical (unpaired) electrons. The summed E-state index contributed by atoms with van der Waals surface area (Å²) < 4.78 is 0. The molecule has 124 valence electrons. The number of rotatable bonds is 5. The topological polar surface area (TPSA) is 73.0 Å². The van der Waals surface area contributed by atoms with Crippen molar-refractivity contribution < 1.29 is 14.4 Å². The predicted molar refractivity (Wildman–Crippen MR) is 82.1 cm³/mol. The van der Waals surface area contributed by atoms with Crippen LogP contribution in [0.5, 0.6) is 0 Å². The van der Waals surface area contributed by atoms with Crippen LogP contribution in [0.4, 0.5) is 0 Å². The van der Waals surface area contributed by atoms with Gasteiger partial charge in [0.2, 0.25) is 17.7 Å². The Morgan fingerprint density at radius 3 is 2.05 bits per heavy atom. The Hall–Kier alpha value is -1.63. The highest BCUT2D eigenvalue weighted by Gasteiger charge is 2.58. The van der Waals surface area contributed by atoms with E-state index in [0.717, 1.165) is 6.54 Å². The van der Waals surface area contributed by atoms with Gasteiger partial charge in [0.15, 0.2) is 0 Å². The number of hydrogen-bond donors (Lipinski definition) is 1. The summed E-state index contributed by atoms with van der Waals surface area (Å²) in [5.41, 5.74) is -0.843. The first-order chi connectivity index (χ1) is 10.4. The van der Waals surface area contributed by atoms with Gasteiger partial charge < -0.3 is 20.0 Å². The van der Waals surface area contributed by atoms with Crippen LogP contribution in [-0.2, 0) is 14.4 Å². The first-order valence-corrected chi connectivity index (χ1v) is 7.85. The van der Waals surface area contributed by atoms with Crippen molar-refractivity contribution in [3.05, 3.63) is 0 Å². The SMILES string of the molecule is CC(=O)N1CCN(C(=O)C2(C(=O)NCCN(C)C)CC2)CC1. The fraction of sp³-hybridized carbons (Fsp3) is 0.800. The van der Waals surface area contributed by atoms with Gasteiger partial charge in [0.1, 0.15) is 5.41 Å². The summed E-state index contributed by atoms with van der Waals surface area (Å²) in [5.74, 6) is -0.180. The maximum atomic E-state index is 12.6. The van der Waals surface area contributed by atoms with Gasteiger partial charge in [-0.2, -0.15) is 0 Å². The molecule has 1 aliphatic carbocycles. The van der Waals surface area contributed by atoms with E-state index < -0.39 is 5.41 Å². The fourth-order valence-electron chi connectivity index (χ4n) is 2.75. The molecule has 0 unspecified atom stereocenters. The second kappa shape index (κ2) is 6.64. The van der Waals surface area contributed by atoms with Crippen LogP contribution >= 0.6 is 0 Å². The second-order valence-corrected chi connectivity index (χ2v) is 6.44. The lowest BCUT2D eigenvalue weighted by atomic mass is 10.0. The largest absolute Gasteiger partial charge is 0.354 e. The molecule has 0 spiro atoms. The van der Waals surface area contributed by atoms with E-state index in [1.165, 1.54) is 6.92 Å². The third-order valence-electron chi connectivity index (χ3n) is 4.45. The third-order valence-corrected chi connectivity index (χ3v) is 4.45. The van der Waals surface area contributed by atoms with Crippen molar-refractivity contribution in [2.24, 2.45) is 5.41 Å². The molecule has 1 aliphatic heterocycles. The molecule has 0 aromatic rings. The summed E-state index contributed by atoms with van der Waals surface area (Å²) in [4.78, 5) is 41.8. The Morgan fingerprint density at radius 1 is 1.05 bits per heavy atom. The van der Waals surface area contributed by atoms with E-state index >= 15 is 0 Å². The molecule has 1 N–H and O–H groups in total. The molecule has 0 atom stereocenters. The van der Waals surface area contributed by atoms with Crippen LogP contribution in [0.25, 0.3) is 0 Å². The third kappa shape index (κ3) is 3.58. The number of amides is 3. The number of carbonyl (C=O) groups excluding carboxylic acids is 3. The van der Waals surface area contributed by atoms with E-state index in [0.29, 0.717) is 45.6 Å². The number of likely N-dealkylation sites (N-methyl/N-ethyl adjacent to an activating group) is 1. The van der Waals surface area contributed by atoms with E-state index in [1.807, 2.05) is 19.0 Å². The molecule has 2 fully saturated rings. The summed E-state index contributed by atoms with van der Waals surface area (Å²) in [6.45, 7) is 5.00. The van der Waals surface area contributed by atoms with Gasteiger partial charge in [-0.1, -0.05) is 0 Å². The summed E-state index contributed by atoms with van der Waals surface area (Å²) in [7, 11) is 3.89. The predicted octanol–water partition coefficient (Wildman–Crippen LogP) is -0.865. The van der Waals surface area contributed by atoms with Crippen LogP contribution in [-0.4, -0.2) is 85.8 Å². The van der Waals surface area contributed by atoms with Crippen LogP contribution in [0.1, 0.15) is 19.8 Å². The zero-order valence-electron chi connectivity index (χ0n) is 13.7. The van der Waals surface area contributed by atoms with Gasteiger partial charge >= 0.3 is 0 Å². The minimum atomic E-state index is -0.843. The maximum absolute atomic E-state index is 12.6. The Bertz CT molecular complexity index is 452. The fourth-order valence-corrected chi connectivity index (χ4v) is 2.75. The summed E-state index contributed by atoms with van der Waals surface area (Å²) in [6, 6.07) is 0. The van der Waals surface area contributed by atoms with Crippen molar-refractivity contribution in [1.29, 1.82) is 0 Å². The van der Waals surface area contributed by atoms with Gasteiger partial charge in [0.05, 0.1) is 0 Å². The van der Waals surface area contributed by atoms with E-state index in [-0.39, 0.29) is 17.7 Å². The average molecular weight is 310 g/mol. The van der Waals surface area contributed by atoms with E-state index in [9.17, 15) is 14.4 Å². The summed E-state index contributed by atoms with van der Waals surface area (Å²) >= 11 is 0. The summed E-state index contributed by atoms with van der Waals surface area (Å²) in [6.07, 6.45) is 1.26. The van der Waals surface area contributed by atoms with Crippen molar-refractivity contribution in [2.75, 3.05) is 53.4 Å². The number of hydrogen-bond acceptors (Lipinski definition) is 4. The number of nitrogens with one attached hydrogen (secondary N) is 1. The Morgan fingerprint density at radius 2 is 1.59 bits per heavy atom. The quantitative estimate of drug-likeness (QED) is 0.671. The van der Waals surface area contributed by atoms with Gasteiger partial charge in [-0.3, -0.25) is 14.4 Å². The standard InChI is InChI=1S/C15H26N4O3/c1-12(20)18-8-10-19(11-9-18)14(22)15(4-5-15)13(21)16-6-7-17(2)3/h4-11H2,1-3H3,(H,16,21). The lowest BCUT2D eigenvalue weighted by Crippen LogP contribution is -2.54. The maximum Gasteiger partial charge on any atom is 0.238 e. The van der Waals surface area contributed by atoms with Gasteiger partial charge in [0, 0.05) is 46.2 Å². The van der Waals surface area contributed by atoms with Crippen molar-refractivity contribution in [2.45, 2.75) is 19.8 Å². The normalized spacial score (nSPS) is 20.0. The zero-order valence-corrected chi connectivity index (χ0v) is 13.7. The molecule has 1 saturated heterocycles.